The third kappa shape index (κ3) is 4.09. The standard InChI is InChI=1S/C47H45N3OSi/c1-29(2)25-33-27-41-36-26-32(31-15-9-8-10-16-31)21-23-37(36)47(48(41)28-43(33)52(5,6)7)38-24-22-35-34-17-11-14-20-42(34)51-45(35)44(38)46-49(30(3)4)39-18-12-13-19-40(39)50(46)47/h8-24,26-30H,25H2,1-7H3/q+2. The first-order chi connectivity index (χ1) is 25.1. The Kier molecular flexibility index (Phi) is 6.58. The number of para-hydroxylation sites is 3. The van der Waals surface area contributed by atoms with Crippen LogP contribution in [-0.4, -0.2) is 12.6 Å². The zero-order valence-electron chi connectivity index (χ0n) is 31.2. The predicted molar refractivity (Wildman–Crippen MR) is 216 cm³/mol. The molecule has 256 valence electrons. The van der Waals surface area contributed by atoms with Gasteiger partial charge >= 0.3 is 11.5 Å². The second kappa shape index (κ2) is 10.9. The lowest BCUT2D eigenvalue weighted by Gasteiger charge is -2.24. The number of hydrogen-bond acceptors (Lipinski definition) is 1. The fraction of sp³-hybridized carbons (Fsp3) is 0.234. The van der Waals surface area contributed by atoms with Crippen molar-refractivity contribution in [3.63, 3.8) is 0 Å². The van der Waals surface area contributed by atoms with E-state index in [4.69, 9.17) is 4.42 Å². The van der Waals surface area contributed by atoms with Crippen LogP contribution in [0.4, 0.5) is 0 Å². The Hall–Kier alpha value is -5.26. The molecule has 0 saturated carbocycles. The first-order valence-electron chi connectivity index (χ1n) is 18.9. The van der Waals surface area contributed by atoms with E-state index in [2.05, 4.69) is 182 Å². The molecule has 0 radical (unpaired) electrons. The summed E-state index contributed by atoms with van der Waals surface area (Å²) in [7, 11) is -1.79. The van der Waals surface area contributed by atoms with Crippen LogP contribution in [0.5, 0.6) is 0 Å². The Labute approximate surface area is 306 Å². The van der Waals surface area contributed by atoms with Crippen LogP contribution in [0, 0.1) is 5.92 Å². The van der Waals surface area contributed by atoms with Gasteiger partial charge in [0.05, 0.1) is 30.8 Å². The number of aromatic nitrogens is 3. The summed E-state index contributed by atoms with van der Waals surface area (Å²) in [6.07, 6.45) is 3.65. The van der Waals surface area contributed by atoms with Crippen LogP contribution >= 0.6 is 0 Å². The van der Waals surface area contributed by atoms with Crippen LogP contribution in [0.1, 0.15) is 50.4 Å². The van der Waals surface area contributed by atoms with Gasteiger partial charge in [-0.15, -0.1) is 4.57 Å². The monoisotopic (exact) mass is 695 g/mol. The van der Waals surface area contributed by atoms with Crippen molar-refractivity contribution in [1.82, 2.24) is 4.57 Å². The van der Waals surface area contributed by atoms with Crippen LogP contribution in [0.25, 0.3) is 66.7 Å². The van der Waals surface area contributed by atoms with E-state index in [1.807, 2.05) is 0 Å². The molecule has 1 spiro atoms. The van der Waals surface area contributed by atoms with Gasteiger partial charge < -0.3 is 4.42 Å². The summed E-state index contributed by atoms with van der Waals surface area (Å²) in [5.41, 5.74) is 14.0. The van der Waals surface area contributed by atoms with E-state index in [9.17, 15) is 0 Å². The molecule has 2 aliphatic rings. The molecule has 0 bridgehead atoms. The van der Waals surface area contributed by atoms with Gasteiger partial charge in [-0.2, -0.15) is 4.57 Å². The maximum atomic E-state index is 6.95. The maximum absolute atomic E-state index is 6.95. The van der Waals surface area contributed by atoms with Crippen molar-refractivity contribution >= 4 is 46.2 Å². The van der Waals surface area contributed by atoms with Crippen molar-refractivity contribution in [2.75, 3.05) is 0 Å². The van der Waals surface area contributed by atoms with E-state index in [1.54, 1.807) is 0 Å². The van der Waals surface area contributed by atoms with Crippen molar-refractivity contribution in [2.24, 2.45) is 5.92 Å². The van der Waals surface area contributed by atoms with Crippen LogP contribution in [0.3, 0.4) is 0 Å². The van der Waals surface area contributed by atoms with Gasteiger partial charge in [0, 0.05) is 22.0 Å². The van der Waals surface area contributed by atoms with Gasteiger partial charge in [0.1, 0.15) is 11.1 Å². The first-order valence-corrected chi connectivity index (χ1v) is 22.4. The SMILES string of the molecule is CC(C)Cc1cc2[n+](cc1[Si](C)(C)C)C1(c3ccc(-c4ccccc4)cc3-2)c2ccc3c(oc4ccccc43)c2-c2n1c1ccccc1[n+]2C(C)C. The molecule has 1 unspecified atom stereocenters. The van der Waals surface area contributed by atoms with Gasteiger partial charge in [0.2, 0.25) is 5.69 Å². The minimum atomic E-state index is -1.79. The Bertz CT molecular complexity index is 2760. The molecular formula is C47H45N3OSi+2. The molecule has 5 heterocycles. The number of benzene rings is 5. The second-order valence-electron chi connectivity index (χ2n) is 16.7. The van der Waals surface area contributed by atoms with Crippen LogP contribution in [0.15, 0.2) is 126 Å². The van der Waals surface area contributed by atoms with Crippen molar-refractivity contribution in [1.29, 1.82) is 0 Å². The number of rotatable bonds is 5. The smallest absolute Gasteiger partial charge is 0.364 e. The lowest BCUT2D eigenvalue weighted by atomic mass is 9.87. The molecular weight excluding hydrogens is 651 g/mol. The molecule has 0 saturated heterocycles. The average Bonchev–Trinajstić information content (AvgIpc) is 3.84. The normalized spacial score (nSPS) is 16.1. The largest absolute Gasteiger partial charge is 0.455 e. The molecule has 0 aliphatic carbocycles. The van der Waals surface area contributed by atoms with Gasteiger partial charge in [-0.25, -0.2) is 4.57 Å². The zero-order valence-corrected chi connectivity index (χ0v) is 32.2. The van der Waals surface area contributed by atoms with E-state index in [0.717, 1.165) is 28.4 Å². The highest BCUT2D eigenvalue weighted by atomic mass is 28.3. The molecule has 4 nitrogen and oxygen atoms in total. The molecule has 52 heavy (non-hydrogen) atoms. The summed E-state index contributed by atoms with van der Waals surface area (Å²) in [5.74, 6) is 1.76. The maximum Gasteiger partial charge on any atom is 0.364 e. The topological polar surface area (TPSA) is 25.8 Å². The fourth-order valence-electron chi connectivity index (χ4n) is 9.55. The van der Waals surface area contributed by atoms with Crippen LogP contribution in [-0.2, 0) is 12.1 Å². The number of nitrogens with zero attached hydrogens (tertiary/aromatic N) is 3. The number of imidazole rings is 1. The summed E-state index contributed by atoms with van der Waals surface area (Å²) in [6.45, 7) is 16.8. The third-order valence-electron chi connectivity index (χ3n) is 11.5. The lowest BCUT2D eigenvalue weighted by molar-refractivity contribution is -0.735. The minimum absolute atomic E-state index is 0.223. The molecule has 0 amide bonds. The van der Waals surface area contributed by atoms with Gasteiger partial charge in [0.25, 0.3) is 0 Å². The number of furan rings is 1. The van der Waals surface area contributed by atoms with Crippen molar-refractivity contribution in [3.8, 4) is 33.8 Å². The third-order valence-corrected chi connectivity index (χ3v) is 13.6. The highest BCUT2D eigenvalue weighted by molar-refractivity contribution is 6.89. The molecule has 2 aliphatic heterocycles. The molecule has 3 aromatic heterocycles. The van der Waals surface area contributed by atoms with E-state index in [1.165, 1.54) is 66.7 Å². The Balaban J connectivity index is 1.43. The highest BCUT2D eigenvalue weighted by Crippen LogP contribution is 2.55. The lowest BCUT2D eigenvalue weighted by Crippen LogP contribution is -2.61. The van der Waals surface area contributed by atoms with Crippen LogP contribution in [0.2, 0.25) is 19.6 Å². The molecule has 0 fully saturated rings. The zero-order chi connectivity index (χ0) is 35.7. The summed E-state index contributed by atoms with van der Waals surface area (Å²) in [4.78, 5) is 0. The van der Waals surface area contributed by atoms with E-state index in [0.29, 0.717) is 5.92 Å². The molecule has 10 rings (SSSR count). The Morgan fingerprint density at radius 3 is 2.23 bits per heavy atom. The Morgan fingerprint density at radius 1 is 0.731 bits per heavy atom. The summed E-state index contributed by atoms with van der Waals surface area (Å²) < 4.78 is 14.8. The fourth-order valence-corrected chi connectivity index (χ4v) is 11.2. The second-order valence-corrected chi connectivity index (χ2v) is 21.7. The summed E-state index contributed by atoms with van der Waals surface area (Å²) in [5, 5.41) is 3.86. The van der Waals surface area contributed by atoms with E-state index >= 15 is 0 Å². The molecule has 8 aromatic rings. The first kappa shape index (κ1) is 31.5. The summed E-state index contributed by atoms with van der Waals surface area (Å²) >= 11 is 0. The number of fused-ring (bicyclic) bond motifs is 16. The molecule has 0 N–H and O–H groups in total. The highest BCUT2D eigenvalue weighted by Gasteiger charge is 2.67. The predicted octanol–water partition coefficient (Wildman–Crippen LogP) is 10.4. The van der Waals surface area contributed by atoms with Gasteiger partial charge in [-0.3, -0.25) is 0 Å². The number of pyridine rings is 1. The molecule has 5 heteroatoms. The van der Waals surface area contributed by atoms with Gasteiger partial charge in [-0.1, -0.05) is 100 Å². The Morgan fingerprint density at radius 2 is 1.46 bits per heavy atom. The van der Waals surface area contributed by atoms with Crippen LogP contribution < -0.4 is 14.3 Å². The van der Waals surface area contributed by atoms with Gasteiger partial charge in [-0.05, 0) is 85.3 Å². The summed E-state index contributed by atoms with van der Waals surface area (Å²) in [6, 6.07) is 43.1. The quantitative estimate of drug-likeness (QED) is 0.130. The molecule has 1 atom stereocenters. The molecule has 5 aromatic carbocycles. The average molecular weight is 696 g/mol. The van der Waals surface area contributed by atoms with E-state index in [-0.39, 0.29) is 6.04 Å². The van der Waals surface area contributed by atoms with Gasteiger partial charge in [0.15, 0.2) is 22.8 Å². The van der Waals surface area contributed by atoms with Crippen molar-refractivity contribution < 1.29 is 13.6 Å². The van der Waals surface area contributed by atoms with E-state index < -0.39 is 13.7 Å². The minimum Gasteiger partial charge on any atom is -0.455 e. The van der Waals surface area contributed by atoms with Crippen molar-refractivity contribution in [2.45, 2.75) is 65.5 Å². The van der Waals surface area contributed by atoms with Crippen molar-refractivity contribution in [3.05, 3.63) is 138 Å². The number of hydrogen-bond donors (Lipinski definition) is 0.